The molecule has 0 amide bonds. The molecular formula is C11H16FNO2. The lowest BCUT2D eigenvalue weighted by Crippen LogP contribution is -2.15. The van der Waals surface area contributed by atoms with Crippen LogP contribution in [0, 0.1) is 5.82 Å². The van der Waals surface area contributed by atoms with Gasteiger partial charge >= 0.3 is 0 Å². The number of nitrogens with two attached hydrogens (primary N) is 1. The minimum atomic E-state index is -0.401. The summed E-state index contributed by atoms with van der Waals surface area (Å²) in [5.41, 5.74) is 6.05. The first kappa shape index (κ1) is 11.9. The first-order valence-corrected chi connectivity index (χ1v) is 4.78. The molecule has 0 spiro atoms. The summed E-state index contributed by atoms with van der Waals surface area (Å²) >= 11 is 0. The summed E-state index contributed by atoms with van der Waals surface area (Å²) in [5.74, 6) is -0.401. The smallest absolute Gasteiger partial charge is 0.151 e. The highest BCUT2D eigenvalue weighted by Gasteiger charge is 2.07. The van der Waals surface area contributed by atoms with E-state index in [2.05, 4.69) is 0 Å². The number of hydrogen-bond donors (Lipinski definition) is 1. The Bertz CT molecular complexity index is 317. The third-order valence-corrected chi connectivity index (χ3v) is 2.03. The van der Waals surface area contributed by atoms with Gasteiger partial charge < -0.3 is 15.2 Å². The van der Waals surface area contributed by atoms with Crippen LogP contribution in [-0.2, 0) is 16.1 Å². The molecule has 0 aliphatic carbocycles. The van der Waals surface area contributed by atoms with E-state index >= 15 is 0 Å². The molecule has 1 aromatic carbocycles. The molecule has 1 atom stereocenters. The SMILES string of the molecule is COCC(C)OCc1cccc(N)c1F. The van der Waals surface area contributed by atoms with Gasteiger partial charge in [0.1, 0.15) is 0 Å². The predicted octanol–water partition coefficient (Wildman–Crippen LogP) is 1.96. The van der Waals surface area contributed by atoms with Gasteiger partial charge in [-0.25, -0.2) is 4.39 Å². The zero-order chi connectivity index (χ0) is 11.3. The van der Waals surface area contributed by atoms with E-state index in [0.29, 0.717) is 12.2 Å². The molecule has 0 aliphatic rings. The molecule has 84 valence electrons. The van der Waals surface area contributed by atoms with Crippen molar-refractivity contribution < 1.29 is 13.9 Å². The largest absolute Gasteiger partial charge is 0.396 e. The van der Waals surface area contributed by atoms with Crippen molar-refractivity contribution in [2.75, 3.05) is 19.5 Å². The van der Waals surface area contributed by atoms with Gasteiger partial charge in [-0.3, -0.25) is 0 Å². The molecule has 0 bridgehead atoms. The van der Waals surface area contributed by atoms with Gasteiger partial charge in [-0.15, -0.1) is 0 Å². The van der Waals surface area contributed by atoms with Crippen molar-refractivity contribution in [2.45, 2.75) is 19.6 Å². The van der Waals surface area contributed by atoms with Crippen molar-refractivity contribution in [1.82, 2.24) is 0 Å². The van der Waals surface area contributed by atoms with Gasteiger partial charge in [-0.05, 0) is 13.0 Å². The lowest BCUT2D eigenvalue weighted by atomic mass is 10.2. The van der Waals surface area contributed by atoms with E-state index in [1.165, 1.54) is 6.07 Å². The predicted molar refractivity (Wildman–Crippen MR) is 56.9 cm³/mol. The van der Waals surface area contributed by atoms with Crippen LogP contribution in [0.2, 0.25) is 0 Å². The lowest BCUT2D eigenvalue weighted by Gasteiger charge is -2.12. The van der Waals surface area contributed by atoms with Crippen molar-refractivity contribution in [3.8, 4) is 0 Å². The fraction of sp³-hybridized carbons (Fsp3) is 0.455. The molecule has 1 rings (SSSR count). The van der Waals surface area contributed by atoms with E-state index in [1.807, 2.05) is 6.92 Å². The molecular weight excluding hydrogens is 197 g/mol. The quantitative estimate of drug-likeness (QED) is 0.760. The number of benzene rings is 1. The highest BCUT2D eigenvalue weighted by molar-refractivity contribution is 5.42. The van der Waals surface area contributed by atoms with E-state index in [0.717, 1.165) is 0 Å². The number of rotatable bonds is 5. The summed E-state index contributed by atoms with van der Waals surface area (Å²) in [5, 5.41) is 0. The van der Waals surface area contributed by atoms with Gasteiger partial charge in [-0.2, -0.15) is 0 Å². The van der Waals surface area contributed by atoms with Crippen LogP contribution in [0.1, 0.15) is 12.5 Å². The van der Waals surface area contributed by atoms with Crippen LogP contribution < -0.4 is 5.73 Å². The Morgan fingerprint density at radius 1 is 1.47 bits per heavy atom. The molecule has 4 heteroatoms. The Morgan fingerprint density at radius 2 is 2.20 bits per heavy atom. The first-order valence-electron chi connectivity index (χ1n) is 4.78. The molecule has 0 saturated carbocycles. The Balaban J connectivity index is 2.54. The van der Waals surface area contributed by atoms with Crippen LogP contribution in [-0.4, -0.2) is 19.8 Å². The fourth-order valence-electron chi connectivity index (χ4n) is 1.23. The second kappa shape index (κ2) is 5.68. The van der Waals surface area contributed by atoms with Crippen molar-refractivity contribution in [3.05, 3.63) is 29.6 Å². The number of nitrogen functional groups attached to an aromatic ring is 1. The maximum atomic E-state index is 13.4. The molecule has 0 saturated heterocycles. The number of hydrogen-bond acceptors (Lipinski definition) is 3. The fourth-order valence-corrected chi connectivity index (χ4v) is 1.23. The van der Waals surface area contributed by atoms with E-state index < -0.39 is 5.82 Å². The normalized spacial score (nSPS) is 12.7. The second-order valence-corrected chi connectivity index (χ2v) is 3.40. The van der Waals surface area contributed by atoms with Gasteiger partial charge in [0.2, 0.25) is 0 Å². The van der Waals surface area contributed by atoms with E-state index in [4.69, 9.17) is 15.2 Å². The average Bonchev–Trinajstić information content (AvgIpc) is 2.21. The van der Waals surface area contributed by atoms with Crippen LogP contribution in [0.25, 0.3) is 0 Å². The number of halogens is 1. The van der Waals surface area contributed by atoms with Crippen LogP contribution in [0.3, 0.4) is 0 Å². The zero-order valence-electron chi connectivity index (χ0n) is 9.00. The Kier molecular flexibility index (Phi) is 4.52. The first-order chi connectivity index (χ1) is 7.15. The summed E-state index contributed by atoms with van der Waals surface area (Å²) < 4.78 is 23.7. The topological polar surface area (TPSA) is 44.5 Å². The molecule has 0 heterocycles. The molecule has 15 heavy (non-hydrogen) atoms. The average molecular weight is 213 g/mol. The highest BCUT2D eigenvalue weighted by Crippen LogP contribution is 2.15. The van der Waals surface area contributed by atoms with Crippen LogP contribution in [0.4, 0.5) is 10.1 Å². The van der Waals surface area contributed by atoms with Crippen molar-refractivity contribution in [1.29, 1.82) is 0 Å². The molecule has 0 fully saturated rings. The van der Waals surface area contributed by atoms with Gasteiger partial charge in [0.25, 0.3) is 0 Å². The maximum absolute atomic E-state index is 13.4. The molecule has 0 aromatic heterocycles. The van der Waals surface area contributed by atoms with Gasteiger partial charge in [-0.1, -0.05) is 12.1 Å². The van der Waals surface area contributed by atoms with Crippen LogP contribution >= 0.6 is 0 Å². The molecule has 1 unspecified atom stereocenters. The summed E-state index contributed by atoms with van der Waals surface area (Å²) in [6, 6.07) is 4.89. The van der Waals surface area contributed by atoms with Crippen molar-refractivity contribution in [3.63, 3.8) is 0 Å². The third-order valence-electron chi connectivity index (χ3n) is 2.03. The van der Waals surface area contributed by atoms with Crippen LogP contribution in [0.5, 0.6) is 0 Å². The summed E-state index contributed by atoms with van der Waals surface area (Å²) in [7, 11) is 1.60. The van der Waals surface area contributed by atoms with Gasteiger partial charge in [0, 0.05) is 12.7 Å². The maximum Gasteiger partial charge on any atom is 0.151 e. The van der Waals surface area contributed by atoms with E-state index in [-0.39, 0.29) is 18.4 Å². The standard InChI is InChI=1S/C11H16FNO2/c1-8(6-14-2)15-7-9-4-3-5-10(13)11(9)12/h3-5,8H,6-7,13H2,1-2H3. The monoisotopic (exact) mass is 213 g/mol. The number of methoxy groups -OCH3 is 1. The van der Waals surface area contributed by atoms with Gasteiger partial charge in [0.15, 0.2) is 5.82 Å². The van der Waals surface area contributed by atoms with E-state index in [9.17, 15) is 4.39 Å². The Hall–Kier alpha value is -1.13. The van der Waals surface area contributed by atoms with E-state index in [1.54, 1.807) is 19.2 Å². The molecule has 0 radical (unpaired) electrons. The third kappa shape index (κ3) is 3.49. The summed E-state index contributed by atoms with van der Waals surface area (Å²) in [6.07, 6.45) is -0.0594. The Labute approximate surface area is 89.0 Å². The molecule has 1 aromatic rings. The molecule has 0 aliphatic heterocycles. The van der Waals surface area contributed by atoms with Gasteiger partial charge in [0.05, 0.1) is 25.0 Å². The van der Waals surface area contributed by atoms with Crippen molar-refractivity contribution >= 4 is 5.69 Å². The molecule has 3 nitrogen and oxygen atoms in total. The molecule has 2 N–H and O–H groups in total. The summed E-state index contributed by atoms with van der Waals surface area (Å²) in [4.78, 5) is 0. The van der Waals surface area contributed by atoms with Crippen LogP contribution in [0.15, 0.2) is 18.2 Å². The number of ether oxygens (including phenoxy) is 2. The number of anilines is 1. The highest BCUT2D eigenvalue weighted by atomic mass is 19.1. The zero-order valence-corrected chi connectivity index (χ0v) is 9.00. The minimum Gasteiger partial charge on any atom is -0.396 e. The van der Waals surface area contributed by atoms with Crippen molar-refractivity contribution in [2.24, 2.45) is 0 Å². The minimum absolute atomic E-state index is 0.0594. The Morgan fingerprint density at radius 3 is 2.87 bits per heavy atom. The summed E-state index contributed by atoms with van der Waals surface area (Å²) in [6.45, 7) is 2.57. The second-order valence-electron chi connectivity index (χ2n) is 3.40. The lowest BCUT2D eigenvalue weighted by molar-refractivity contribution is -0.00106.